The highest BCUT2D eigenvalue weighted by atomic mass is 16.5. The van der Waals surface area contributed by atoms with Crippen LogP contribution in [-0.2, 0) is 9.53 Å². The van der Waals surface area contributed by atoms with Crippen molar-refractivity contribution < 1.29 is 19.1 Å². The summed E-state index contributed by atoms with van der Waals surface area (Å²) in [5, 5.41) is 2.54. The molecule has 104 valence electrons. The number of para-hydroxylation sites is 1. The van der Waals surface area contributed by atoms with Gasteiger partial charge in [-0.1, -0.05) is 18.2 Å². The maximum absolute atomic E-state index is 12.0. The van der Waals surface area contributed by atoms with Crippen molar-refractivity contribution in [2.45, 2.75) is 13.0 Å². The van der Waals surface area contributed by atoms with Crippen LogP contribution >= 0.6 is 0 Å². The fraction of sp³-hybridized carbons (Fsp3) is 0.154. The van der Waals surface area contributed by atoms with Gasteiger partial charge < -0.3 is 15.5 Å². The van der Waals surface area contributed by atoms with E-state index in [1.165, 1.54) is 13.1 Å². The van der Waals surface area contributed by atoms with Gasteiger partial charge in [0.15, 0.2) is 6.10 Å². The molecular weight excluding hydrogens is 262 g/mol. The number of nitrogens with two attached hydrogens (primary N) is 1. The second-order valence-corrected chi connectivity index (χ2v) is 4.15. The molecule has 7 nitrogen and oxygen atoms in total. The summed E-state index contributed by atoms with van der Waals surface area (Å²) in [6.45, 7) is 1.35. The average molecular weight is 275 g/mol. The summed E-state index contributed by atoms with van der Waals surface area (Å²) in [4.78, 5) is 36.9. The number of carbonyl (C=O) groups excluding carboxylic acids is 3. The van der Waals surface area contributed by atoms with Gasteiger partial charge in [-0.2, -0.15) is 0 Å². The summed E-state index contributed by atoms with van der Waals surface area (Å²) in [6.07, 6.45) is 0.384. The second-order valence-electron chi connectivity index (χ2n) is 4.15. The molecule has 2 rings (SSSR count). The van der Waals surface area contributed by atoms with Gasteiger partial charge in [-0.15, -0.1) is 0 Å². The molecule has 0 saturated heterocycles. The van der Waals surface area contributed by atoms with Crippen LogP contribution in [0.4, 0.5) is 4.79 Å². The number of rotatable bonds is 3. The van der Waals surface area contributed by atoms with Crippen LogP contribution in [0.15, 0.2) is 30.5 Å². The number of hydrogen-bond acceptors (Lipinski definition) is 4. The zero-order valence-electron chi connectivity index (χ0n) is 10.7. The lowest BCUT2D eigenvalue weighted by molar-refractivity contribution is -0.127. The van der Waals surface area contributed by atoms with Gasteiger partial charge in [-0.25, -0.2) is 9.59 Å². The van der Waals surface area contributed by atoms with Crippen molar-refractivity contribution in [2.24, 2.45) is 5.73 Å². The fourth-order valence-electron chi connectivity index (χ4n) is 1.74. The number of H-pyrrole nitrogens is 1. The van der Waals surface area contributed by atoms with Gasteiger partial charge in [0.1, 0.15) is 0 Å². The molecule has 0 aliphatic rings. The standard InChI is InChI=1S/C13H13N3O4/c1-7(11(17)16-13(14)19)20-12(18)9-6-15-10-5-3-2-4-8(9)10/h2-7,15H,1H3,(H3,14,16,17,19)/t7-/m1/s1. The first-order chi connectivity index (χ1) is 9.49. The first kappa shape index (κ1) is 13.6. The smallest absolute Gasteiger partial charge is 0.341 e. The molecular formula is C13H13N3O4. The Morgan fingerprint density at radius 3 is 2.70 bits per heavy atom. The SMILES string of the molecule is C[C@@H](OC(=O)c1c[nH]c2ccccc12)C(=O)NC(N)=O. The average Bonchev–Trinajstić information content (AvgIpc) is 2.81. The van der Waals surface area contributed by atoms with E-state index in [2.05, 4.69) is 4.98 Å². The molecule has 0 saturated carbocycles. The number of benzene rings is 1. The molecule has 4 N–H and O–H groups in total. The van der Waals surface area contributed by atoms with Crippen molar-refractivity contribution in [1.82, 2.24) is 10.3 Å². The molecule has 0 unspecified atom stereocenters. The van der Waals surface area contributed by atoms with E-state index in [4.69, 9.17) is 10.5 Å². The monoisotopic (exact) mass is 275 g/mol. The summed E-state index contributed by atoms with van der Waals surface area (Å²) in [5.41, 5.74) is 5.92. The number of carbonyl (C=O) groups is 3. The molecule has 0 aliphatic heterocycles. The lowest BCUT2D eigenvalue weighted by Gasteiger charge is -2.11. The van der Waals surface area contributed by atoms with Gasteiger partial charge in [0, 0.05) is 17.1 Å². The van der Waals surface area contributed by atoms with Crippen LogP contribution in [0, 0.1) is 0 Å². The minimum absolute atomic E-state index is 0.319. The second kappa shape index (κ2) is 5.43. The number of esters is 1. The third kappa shape index (κ3) is 2.77. The van der Waals surface area contributed by atoms with E-state index in [1.807, 2.05) is 17.4 Å². The van der Waals surface area contributed by atoms with Crippen LogP contribution in [0.5, 0.6) is 0 Å². The minimum Gasteiger partial charge on any atom is -0.449 e. The number of primary amides is 1. The highest BCUT2D eigenvalue weighted by molar-refractivity contribution is 6.05. The third-order valence-corrected chi connectivity index (χ3v) is 2.71. The van der Waals surface area contributed by atoms with Gasteiger partial charge in [0.2, 0.25) is 0 Å². The molecule has 7 heteroatoms. The van der Waals surface area contributed by atoms with E-state index in [9.17, 15) is 14.4 Å². The van der Waals surface area contributed by atoms with Crippen LogP contribution in [0.2, 0.25) is 0 Å². The van der Waals surface area contributed by atoms with Gasteiger partial charge >= 0.3 is 12.0 Å². The quantitative estimate of drug-likeness (QED) is 0.722. The Kier molecular flexibility index (Phi) is 3.69. The highest BCUT2D eigenvalue weighted by Crippen LogP contribution is 2.18. The number of amides is 3. The van der Waals surface area contributed by atoms with Gasteiger partial charge in [-0.05, 0) is 13.0 Å². The summed E-state index contributed by atoms with van der Waals surface area (Å²) >= 11 is 0. The van der Waals surface area contributed by atoms with Crippen molar-refractivity contribution in [3.05, 3.63) is 36.0 Å². The Labute approximate surface area is 114 Å². The Hall–Kier alpha value is -2.83. The molecule has 0 radical (unpaired) electrons. The van der Waals surface area contributed by atoms with E-state index in [0.29, 0.717) is 10.9 Å². The minimum atomic E-state index is -1.12. The maximum atomic E-state index is 12.0. The number of nitrogens with one attached hydrogen (secondary N) is 2. The predicted molar refractivity (Wildman–Crippen MR) is 70.9 cm³/mol. The Morgan fingerprint density at radius 1 is 1.30 bits per heavy atom. The summed E-state index contributed by atoms with van der Waals surface area (Å²) in [5.74, 6) is -1.43. The first-order valence-corrected chi connectivity index (χ1v) is 5.86. The number of urea groups is 1. The number of fused-ring (bicyclic) bond motifs is 1. The summed E-state index contributed by atoms with van der Waals surface area (Å²) < 4.78 is 4.99. The molecule has 3 amide bonds. The van der Waals surface area contributed by atoms with E-state index in [-0.39, 0.29) is 0 Å². The van der Waals surface area contributed by atoms with Crippen molar-refractivity contribution in [1.29, 1.82) is 0 Å². The number of imide groups is 1. The maximum Gasteiger partial charge on any atom is 0.341 e. The largest absolute Gasteiger partial charge is 0.449 e. The van der Waals surface area contributed by atoms with Crippen LogP contribution in [-0.4, -0.2) is 29.0 Å². The van der Waals surface area contributed by atoms with Crippen molar-refractivity contribution >= 4 is 28.8 Å². The van der Waals surface area contributed by atoms with Crippen LogP contribution in [0.3, 0.4) is 0 Å². The normalized spacial score (nSPS) is 11.8. The molecule has 0 aliphatic carbocycles. The van der Waals surface area contributed by atoms with Crippen molar-refractivity contribution in [3.63, 3.8) is 0 Å². The van der Waals surface area contributed by atoms with Crippen LogP contribution < -0.4 is 11.1 Å². The van der Waals surface area contributed by atoms with E-state index >= 15 is 0 Å². The fourth-order valence-corrected chi connectivity index (χ4v) is 1.74. The number of hydrogen-bond donors (Lipinski definition) is 3. The Morgan fingerprint density at radius 2 is 2.00 bits per heavy atom. The Bertz CT molecular complexity index is 677. The van der Waals surface area contributed by atoms with Gasteiger partial charge in [-0.3, -0.25) is 10.1 Å². The first-order valence-electron chi connectivity index (χ1n) is 5.86. The molecule has 0 bridgehead atoms. The third-order valence-electron chi connectivity index (χ3n) is 2.71. The molecule has 1 aromatic heterocycles. The van der Waals surface area contributed by atoms with E-state index in [1.54, 1.807) is 12.1 Å². The van der Waals surface area contributed by atoms with Gasteiger partial charge in [0.25, 0.3) is 5.91 Å². The molecule has 0 spiro atoms. The molecule has 0 fully saturated rings. The van der Waals surface area contributed by atoms with Crippen LogP contribution in [0.25, 0.3) is 10.9 Å². The molecule has 1 atom stereocenters. The zero-order chi connectivity index (χ0) is 14.7. The molecule has 1 aromatic carbocycles. The van der Waals surface area contributed by atoms with Crippen molar-refractivity contribution in [3.8, 4) is 0 Å². The lowest BCUT2D eigenvalue weighted by Crippen LogP contribution is -2.42. The number of aromatic amines is 1. The highest BCUT2D eigenvalue weighted by Gasteiger charge is 2.21. The molecule has 2 aromatic rings. The Balaban J connectivity index is 2.12. The van der Waals surface area contributed by atoms with E-state index in [0.717, 1.165) is 5.52 Å². The van der Waals surface area contributed by atoms with Gasteiger partial charge in [0.05, 0.1) is 5.56 Å². The van der Waals surface area contributed by atoms with E-state index < -0.39 is 24.0 Å². The zero-order valence-corrected chi connectivity index (χ0v) is 10.7. The topological polar surface area (TPSA) is 114 Å². The van der Waals surface area contributed by atoms with Crippen LogP contribution in [0.1, 0.15) is 17.3 Å². The summed E-state index contributed by atoms with van der Waals surface area (Å²) in [6, 6.07) is 6.20. The summed E-state index contributed by atoms with van der Waals surface area (Å²) in [7, 11) is 0. The molecule has 20 heavy (non-hydrogen) atoms. The lowest BCUT2D eigenvalue weighted by atomic mass is 10.2. The number of aromatic nitrogens is 1. The number of ether oxygens (including phenoxy) is 1. The molecule has 1 heterocycles. The predicted octanol–water partition coefficient (Wildman–Crippen LogP) is 0.908. The van der Waals surface area contributed by atoms with Crippen molar-refractivity contribution in [2.75, 3.05) is 0 Å².